The van der Waals surface area contributed by atoms with Crippen molar-refractivity contribution < 1.29 is 14.7 Å². The van der Waals surface area contributed by atoms with Crippen molar-refractivity contribution >= 4 is 5.97 Å². The summed E-state index contributed by atoms with van der Waals surface area (Å²) in [6.45, 7) is 1.38. The highest BCUT2D eigenvalue weighted by atomic mass is 16.7. The molecule has 0 bridgehead atoms. The summed E-state index contributed by atoms with van der Waals surface area (Å²) >= 11 is 0. The Balaban J connectivity index is 3.83. The second-order valence-corrected chi connectivity index (χ2v) is 1.22. The maximum absolute atomic E-state index is 10.2. The fraction of sp³-hybridized carbons (Fsp3) is 0.250. The largest absolute Gasteiger partial charge is 0.515 e. The van der Waals surface area contributed by atoms with Gasteiger partial charge in [0.1, 0.15) is 0 Å². The molecule has 46 valence electrons. The van der Waals surface area contributed by atoms with Crippen LogP contribution in [0.2, 0.25) is 0 Å². The fourth-order valence-corrected chi connectivity index (χ4v) is 0.146. The Morgan fingerprint density at radius 3 is 2.50 bits per heavy atom. The minimum atomic E-state index is -0.729. The number of aliphatic hydroxyl groups excluding tert-OH is 1. The quantitative estimate of drug-likeness (QED) is 0.285. The summed E-state index contributed by atoms with van der Waals surface area (Å²) in [5.41, 5.74) is 0.0764. The standard InChI is InChI=1S/C4H7NO3/c1-3(2-6)4(7)8-5/h2,6H,5H2,1H3. The van der Waals surface area contributed by atoms with E-state index in [1.807, 2.05) is 0 Å². The molecule has 0 heterocycles. The molecule has 0 atom stereocenters. The molecule has 0 amide bonds. The number of rotatable bonds is 1. The van der Waals surface area contributed by atoms with Crippen molar-refractivity contribution in [3.8, 4) is 0 Å². The van der Waals surface area contributed by atoms with Crippen molar-refractivity contribution in [3.63, 3.8) is 0 Å². The van der Waals surface area contributed by atoms with Crippen LogP contribution in [0, 0.1) is 0 Å². The number of carbonyl (C=O) groups is 1. The van der Waals surface area contributed by atoms with E-state index in [1.54, 1.807) is 0 Å². The molecular formula is C4H7NO3. The lowest BCUT2D eigenvalue weighted by molar-refractivity contribution is -0.139. The minimum Gasteiger partial charge on any atom is -0.515 e. The Bertz CT molecular complexity index is 118. The summed E-state index contributed by atoms with van der Waals surface area (Å²) in [5, 5.41) is 8.12. The monoisotopic (exact) mass is 117 g/mol. The van der Waals surface area contributed by atoms with Crippen LogP contribution < -0.4 is 5.90 Å². The third kappa shape index (κ3) is 1.61. The first-order valence-electron chi connectivity index (χ1n) is 1.94. The zero-order valence-corrected chi connectivity index (χ0v) is 4.42. The second kappa shape index (κ2) is 3.04. The molecule has 0 unspecified atom stereocenters. The van der Waals surface area contributed by atoms with Crippen LogP contribution in [0.25, 0.3) is 0 Å². The first-order valence-corrected chi connectivity index (χ1v) is 1.94. The molecule has 0 radical (unpaired) electrons. The van der Waals surface area contributed by atoms with E-state index in [2.05, 4.69) is 10.7 Å². The van der Waals surface area contributed by atoms with E-state index in [4.69, 9.17) is 5.11 Å². The van der Waals surface area contributed by atoms with Gasteiger partial charge in [-0.25, -0.2) is 4.79 Å². The van der Waals surface area contributed by atoms with E-state index in [-0.39, 0.29) is 5.57 Å². The molecule has 8 heavy (non-hydrogen) atoms. The summed E-state index contributed by atoms with van der Waals surface area (Å²) in [7, 11) is 0. The molecule has 0 fully saturated rings. The average molecular weight is 117 g/mol. The van der Waals surface area contributed by atoms with Gasteiger partial charge in [0.15, 0.2) is 0 Å². The van der Waals surface area contributed by atoms with Gasteiger partial charge < -0.3 is 9.94 Å². The minimum absolute atomic E-state index is 0.0764. The van der Waals surface area contributed by atoms with Gasteiger partial charge in [0, 0.05) is 0 Å². The van der Waals surface area contributed by atoms with Gasteiger partial charge in [0.2, 0.25) is 0 Å². The van der Waals surface area contributed by atoms with E-state index >= 15 is 0 Å². The Morgan fingerprint density at radius 2 is 2.38 bits per heavy atom. The molecule has 0 aromatic heterocycles. The highest BCUT2D eigenvalue weighted by Gasteiger charge is 2.00. The topological polar surface area (TPSA) is 72.5 Å². The molecule has 0 rings (SSSR count). The molecule has 4 nitrogen and oxygen atoms in total. The Labute approximate surface area is 46.5 Å². The zero-order valence-electron chi connectivity index (χ0n) is 4.42. The van der Waals surface area contributed by atoms with Crippen molar-refractivity contribution in [1.29, 1.82) is 0 Å². The number of aliphatic hydroxyl groups is 1. The fourth-order valence-electron chi connectivity index (χ4n) is 0.146. The summed E-state index contributed by atoms with van der Waals surface area (Å²) in [4.78, 5) is 13.9. The molecule has 3 N–H and O–H groups in total. The number of nitrogens with two attached hydrogens (primary N) is 1. The molecule has 0 aromatic rings. The van der Waals surface area contributed by atoms with E-state index in [0.29, 0.717) is 6.26 Å². The SMILES string of the molecule is CC(=CO)C(=O)ON. The molecule has 0 saturated carbocycles. The molecule has 4 heteroatoms. The van der Waals surface area contributed by atoms with Gasteiger partial charge in [-0.05, 0) is 6.92 Å². The van der Waals surface area contributed by atoms with Gasteiger partial charge in [-0.15, -0.1) is 0 Å². The third-order valence-corrected chi connectivity index (χ3v) is 0.623. The molecule has 0 spiro atoms. The first-order chi connectivity index (χ1) is 3.72. The maximum Gasteiger partial charge on any atom is 0.355 e. The lowest BCUT2D eigenvalue weighted by Gasteiger charge is -1.91. The van der Waals surface area contributed by atoms with Crippen LogP contribution in [0.1, 0.15) is 6.92 Å². The molecule has 0 aromatic carbocycles. The van der Waals surface area contributed by atoms with Gasteiger partial charge >= 0.3 is 5.97 Å². The second-order valence-electron chi connectivity index (χ2n) is 1.22. The molecular weight excluding hydrogens is 110 g/mol. The van der Waals surface area contributed by atoms with E-state index in [1.165, 1.54) is 6.92 Å². The van der Waals surface area contributed by atoms with Crippen molar-refractivity contribution in [2.75, 3.05) is 0 Å². The summed E-state index contributed by atoms with van der Waals surface area (Å²) in [6.07, 6.45) is 0.634. The lowest BCUT2D eigenvalue weighted by atomic mass is 10.4. The van der Waals surface area contributed by atoms with Gasteiger partial charge in [-0.3, -0.25) is 0 Å². The molecule has 0 saturated heterocycles. The molecule has 0 aliphatic heterocycles. The predicted octanol–water partition coefficient (Wildman–Crippen LogP) is -0.135. The van der Waals surface area contributed by atoms with E-state index in [9.17, 15) is 4.79 Å². The highest BCUT2D eigenvalue weighted by Crippen LogP contribution is 1.89. The van der Waals surface area contributed by atoms with Crippen LogP contribution in [-0.4, -0.2) is 11.1 Å². The average Bonchev–Trinajstić information content (AvgIpc) is 1.84. The smallest absolute Gasteiger partial charge is 0.355 e. The number of hydrogen-bond acceptors (Lipinski definition) is 4. The van der Waals surface area contributed by atoms with E-state index < -0.39 is 5.97 Å². The molecule has 0 aliphatic carbocycles. The Kier molecular flexibility index (Phi) is 2.64. The predicted molar refractivity (Wildman–Crippen MR) is 26.7 cm³/mol. The normalized spacial score (nSPS) is 11.0. The van der Waals surface area contributed by atoms with Gasteiger partial charge in [0.05, 0.1) is 11.8 Å². The summed E-state index contributed by atoms with van der Waals surface area (Å²) < 4.78 is 0. The van der Waals surface area contributed by atoms with Gasteiger partial charge in [-0.1, -0.05) is 0 Å². The van der Waals surface area contributed by atoms with Crippen LogP contribution in [0.4, 0.5) is 0 Å². The first kappa shape index (κ1) is 6.97. The lowest BCUT2D eigenvalue weighted by Crippen LogP contribution is -2.10. The highest BCUT2D eigenvalue weighted by molar-refractivity contribution is 5.86. The third-order valence-electron chi connectivity index (χ3n) is 0.623. The van der Waals surface area contributed by atoms with Crippen LogP contribution in [0.3, 0.4) is 0 Å². The Hall–Kier alpha value is -1.03. The maximum atomic E-state index is 10.2. The molecule has 0 aliphatic rings. The number of carbonyl (C=O) groups excluding carboxylic acids is 1. The number of hydrogen-bond donors (Lipinski definition) is 2. The van der Waals surface area contributed by atoms with Crippen molar-refractivity contribution in [2.45, 2.75) is 6.92 Å². The van der Waals surface area contributed by atoms with Crippen LogP contribution in [0.5, 0.6) is 0 Å². The Morgan fingerprint density at radius 1 is 1.88 bits per heavy atom. The van der Waals surface area contributed by atoms with E-state index in [0.717, 1.165) is 0 Å². The van der Waals surface area contributed by atoms with Crippen molar-refractivity contribution in [2.24, 2.45) is 5.90 Å². The van der Waals surface area contributed by atoms with Crippen LogP contribution in [0.15, 0.2) is 11.8 Å². The van der Waals surface area contributed by atoms with Crippen LogP contribution >= 0.6 is 0 Å². The van der Waals surface area contributed by atoms with Crippen LogP contribution in [-0.2, 0) is 9.63 Å². The summed E-state index contributed by atoms with van der Waals surface area (Å²) in [5.74, 6) is 3.72. The van der Waals surface area contributed by atoms with Gasteiger partial charge in [-0.2, -0.15) is 5.90 Å². The summed E-state index contributed by atoms with van der Waals surface area (Å²) in [6, 6.07) is 0. The van der Waals surface area contributed by atoms with Gasteiger partial charge in [0.25, 0.3) is 0 Å². The van der Waals surface area contributed by atoms with Crippen molar-refractivity contribution in [1.82, 2.24) is 0 Å². The zero-order chi connectivity index (χ0) is 6.57. The van der Waals surface area contributed by atoms with Crippen molar-refractivity contribution in [3.05, 3.63) is 11.8 Å².